The SMILES string of the molecule is N[C@@H](Cc1ccccc1)C(=O)Nc1cccc(-c2cccc(-c3ccccn3)n2)n1. The predicted octanol–water partition coefficient (Wildman–Crippen LogP) is 3.71. The molecule has 0 radical (unpaired) electrons. The van der Waals surface area contributed by atoms with Gasteiger partial charge in [0.2, 0.25) is 5.91 Å². The zero-order valence-corrected chi connectivity index (χ0v) is 16.3. The van der Waals surface area contributed by atoms with Crippen molar-refractivity contribution < 1.29 is 4.79 Å². The van der Waals surface area contributed by atoms with Crippen molar-refractivity contribution in [2.24, 2.45) is 5.73 Å². The third-order valence-electron chi connectivity index (χ3n) is 4.57. The molecule has 6 heteroatoms. The lowest BCUT2D eigenvalue weighted by atomic mass is 10.1. The number of nitrogens with two attached hydrogens (primary N) is 1. The molecule has 0 aliphatic heterocycles. The van der Waals surface area contributed by atoms with Crippen LogP contribution in [0.5, 0.6) is 0 Å². The second-order valence-electron chi connectivity index (χ2n) is 6.82. The van der Waals surface area contributed by atoms with Gasteiger partial charge in [-0.05, 0) is 48.4 Å². The molecule has 0 saturated carbocycles. The van der Waals surface area contributed by atoms with Crippen LogP contribution in [0, 0.1) is 0 Å². The largest absolute Gasteiger partial charge is 0.320 e. The summed E-state index contributed by atoms with van der Waals surface area (Å²) in [6.45, 7) is 0. The minimum atomic E-state index is -0.663. The summed E-state index contributed by atoms with van der Waals surface area (Å²) in [5.41, 5.74) is 9.98. The van der Waals surface area contributed by atoms with Crippen LogP contribution in [0.2, 0.25) is 0 Å². The van der Waals surface area contributed by atoms with E-state index in [4.69, 9.17) is 5.73 Å². The van der Waals surface area contributed by atoms with E-state index in [1.165, 1.54) is 0 Å². The number of carbonyl (C=O) groups is 1. The summed E-state index contributed by atoms with van der Waals surface area (Å²) in [5.74, 6) is 0.157. The summed E-state index contributed by atoms with van der Waals surface area (Å²) in [6.07, 6.45) is 2.19. The number of hydrogen-bond acceptors (Lipinski definition) is 5. The van der Waals surface area contributed by atoms with Crippen molar-refractivity contribution in [3.05, 3.63) is 96.7 Å². The number of nitrogens with zero attached hydrogens (tertiary/aromatic N) is 3. The van der Waals surface area contributed by atoms with Crippen molar-refractivity contribution >= 4 is 11.7 Å². The van der Waals surface area contributed by atoms with Crippen molar-refractivity contribution in [3.63, 3.8) is 0 Å². The van der Waals surface area contributed by atoms with Gasteiger partial charge in [0.25, 0.3) is 0 Å². The van der Waals surface area contributed by atoms with Gasteiger partial charge < -0.3 is 11.1 Å². The number of aromatic nitrogens is 3. The van der Waals surface area contributed by atoms with Crippen LogP contribution in [0.3, 0.4) is 0 Å². The molecule has 3 N–H and O–H groups in total. The molecule has 30 heavy (non-hydrogen) atoms. The van der Waals surface area contributed by atoms with Crippen LogP contribution in [-0.4, -0.2) is 26.9 Å². The average Bonchev–Trinajstić information content (AvgIpc) is 2.80. The smallest absolute Gasteiger partial charge is 0.242 e. The molecule has 0 aliphatic carbocycles. The first-order valence-electron chi connectivity index (χ1n) is 9.65. The number of amides is 1. The molecule has 3 heterocycles. The van der Waals surface area contributed by atoms with Crippen LogP contribution in [-0.2, 0) is 11.2 Å². The molecule has 0 aliphatic rings. The van der Waals surface area contributed by atoms with Gasteiger partial charge in [0.15, 0.2) is 0 Å². The van der Waals surface area contributed by atoms with Crippen molar-refractivity contribution in [3.8, 4) is 22.8 Å². The third-order valence-corrected chi connectivity index (χ3v) is 4.57. The van der Waals surface area contributed by atoms with E-state index >= 15 is 0 Å². The molecular formula is C24H21N5O. The quantitative estimate of drug-likeness (QED) is 0.519. The standard InChI is InChI=1S/C24H21N5O/c25-18(16-17-8-2-1-3-9-17)24(30)29-23-14-7-13-22(28-23)21-12-6-11-20(27-21)19-10-4-5-15-26-19/h1-15,18H,16,25H2,(H,28,29,30)/t18-/m0/s1. The fourth-order valence-electron chi connectivity index (χ4n) is 3.06. The number of anilines is 1. The lowest BCUT2D eigenvalue weighted by Crippen LogP contribution is -2.37. The number of benzene rings is 1. The second-order valence-corrected chi connectivity index (χ2v) is 6.82. The Bertz CT molecular complexity index is 1130. The van der Waals surface area contributed by atoms with Crippen LogP contribution < -0.4 is 11.1 Å². The molecule has 1 atom stereocenters. The zero-order valence-electron chi connectivity index (χ0n) is 16.3. The molecule has 0 unspecified atom stereocenters. The van der Waals surface area contributed by atoms with E-state index < -0.39 is 6.04 Å². The molecule has 148 valence electrons. The van der Waals surface area contributed by atoms with Crippen molar-refractivity contribution in [2.75, 3.05) is 5.32 Å². The Labute approximate surface area is 174 Å². The number of pyridine rings is 3. The Morgan fingerprint density at radius 1 is 0.767 bits per heavy atom. The minimum Gasteiger partial charge on any atom is -0.320 e. The van der Waals surface area contributed by atoms with E-state index in [1.807, 2.05) is 78.9 Å². The number of hydrogen-bond donors (Lipinski definition) is 2. The molecule has 1 amide bonds. The fourth-order valence-corrected chi connectivity index (χ4v) is 3.06. The van der Waals surface area contributed by atoms with E-state index in [9.17, 15) is 4.79 Å². The number of nitrogens with one attached hydrogen (secondary N) is 1. The van der Waals surface area contributed by atoms with Crippen molar-refractivity contribution in [2.45, 2.75) is 12.5 Å². The third kappa shape index (κ3) is 4.74. The second kappa shape index (κ2) is 9.07. The Morgan fingerprint density at radius 2 is 1.40 bits per heavy atom. The van der Waals surface area contributed by atoms with E-state index in [0.29, 0.717) is 23.6 Å². The van der Waals surface area contributed by atoms with Crippen LogP contribution >= 0.6 is 0 Å². The lowest BCUT2D eigenvalue weighted by molar-refractivity contribution is -0.117. The predicted molar refractivity (Wildman–Crippen MR) is 117 cm³/mol. The highest BCUT2D eigenvalue weighted by Gasteiger charge is 2.15. The van der Waals surface area contributed by atoms with Gasteiger partial charge in [-0.1, -0.05) is 48.5 Å². The molecule has 0 fully saturated rings. The fraction of sp³-hybridized carbons (Fsp3) is 0.0833. The van der Waals surface area contributed by atoms with Gasteiger partial charge in [0.1, 0.15) is 5.82 Å². The molecule has 1 aromatic carbocycles. The summed E-state index contributed by atoms with van der Waals surface area (Å²) in [5, 5.41) is 2.80. The van der Waals surface area contributed by atoms with Crippen LogP contribution in [0.4, 0.5) is 5.82 Å². The Hall–Kier alpha value is -3.90. The number of rotatable bonds is 6. The molecular weight excluding hydrogens is 374 g/mol. The summed E-state index contributed by atoms with van der Waals surface area (Å²) >= 11 is 0. The van der Waals surface area contributed by atoms with Crippen molar-refractivity contribution in [1.29, 1.82) is 0 Å². The highest BCUT2D eigenvalue weighted by Crippen LogP contribution is 2.21. The van der Waals surface area contributed by atoms with E-state index in [2.05, 4.69) is 20.3 Å². The molecule has 6 nitrogen and oxygen atoms in total. The van der Waals surface area contributed by atoms with Crippen LogP contribution in [0.25, 0.3) is 22.8 Å². The van der Waals surface area contributed by atoms with Gasteiger partial charge in [-0.2, -0.15) is 0 Å². The molecule has 4 rings (SSSR count). The number of carbonyl (C=O) groups excluding carboxylic acids is 1. The maximum atomic E-state index is 12.5. The maximum Gasteiger partial charge on any atom is 0.242 e. The average molecular weight is 395 g/mol. The monoisotopic (exact) mass is 395 g/mol. The first kappa shape index (κ1) is 19.4. The molecule has 4 aromatic rings. The van der Waals surface area contributed by atoms with E-state index in [1.54, 1.807) is 12.3 Å². The molecule has 0 bridgehead atoms. The summed E-state index contributed by atoms with van der Waals surface area (Å²) in [7, 11) is 0. The Balaban J connectivity index is 1.50. The lowest BCUT2D eigenvalue weighted by Gasteiger charge is -2.12. The summed E-state index contributed by atoms with van der Waals surface area (Å²) in [6, 6.07) is 25.8. The molecule has 0 saturated heterocycles. The van der Waals surface area contributed by atoms with Crippen molar-refractivity contribution in [1.82, 2.24) is 15.0 Å². The van der Waals surface area contributed by atoms with Crippen LogP contribution in [0.15, 0.2) is 91.1 Å². The van der Waals surface area contributed by atoms with Gasteiger partial charge in [-0.15, -0.1) is 0 Å². The van der Waals surface area contributed by atoms with Gasteiger partial charge in [0, 0.05) is 6.20 Å². The topological polar surface area (TPSA) is 93.8 Å². The minimum absolute atomic E-state index is 0.279. The van der Waals surface area contributed by atoms with E-state index in [0.717, 1.165) is 17.0 Å². The first-order valence-corrected chi connectivity index (χ1v) is 9.65. The highest BCUT2D eigenvalue weighted by molar-refractivity contribution is 5.94. The summed E-state index contributed by atoms with van der Waals surface area (Å²) < 4.78 is 0. The molecule has 3 aromatic heterocycles. The normalized spacial score (nSPS) is 11.6. The first-order chi connectivity index (χ1) is 14.7. The maximum absolute atomic E-state index is 12.5. The highest BCUT2D eigenvalue weighted by atomic mass is 16.2. The molecule has 0 spiro atoms. The van der Waals surface area contributed by atoms with E-state index in [-0.39, 0.29) is 5.91 Å². The Morgan fingerprint density at radius 3 is 2.13 bits per heavy atom. The van der Waals surface area contributed by atoms with Crippen LogP contribution in [0.1, 0.15) is 5.56 Å². The van der Waals surface area contributed by atoms with Gasteiger partial charge in [0.05, 0.1) is 28.8 Å². The van der Waals surface area contributed by atoms with Gasteiger partial charge in [-0.25, -0.2) is 9.97 Å². The van der Waals surface area contributed by atoms with Gasteiger partial charge >= 0.3 is 0 Å². The zero-order chi connectivity index (χ0) is 20.8. The van der Waals surface area contributed by atoms with Gasteiger partial charge in [-0.3, -0.25) is 9.78 Å². The summed E-state index contributed by atoms with van der Waals surface area (Å²) in [4.78, 5) is 26.0. The Kier molecular flexibility index (Phi) is 5.87.